The highest BCUT2D eigenvalue weighted by atomic mass is 32.3. The Bertz CT molecular complexity index is 1830. The Balaban J connectivity index is 1.47. The van der Waals surface area contributed by atoms with Crippen molar-refractivity contribution in [2.75, 3.05) is 18.6 Å². The van der Waals surface area contributed by atoms with Crippen LogP contribution in [-0.4, -0.2) is 39.9 Å². The molecule has 1 heterocycles. The van der Waals surface area contributed by atoms with Gasteiger partial charge in [0.25, 0.3) is 0 Å². The molecule has 0 saturated carbocycles. The Morgan fingerprint density at radius 3 is 1.79 bits per heavy atom. The first-order valence-corrected chi connectivity index (χ1v) is 18.4. The Kier molecular flexibility index (Phi) is 10.1. The maximum atomic E-state index is 12.7. The van der Waals surface area contributed by atoms with Gasteiger partial charge in [-0.25, -0.2) is 0 Å². The van der Waals surface area contributed by atoms with E-state index in [9.17, 15) is 9.59 Å². The van der Waals surface area contributed by atoms with Crippen molar-refractivity contribution >= 4 is 45.2 Å². The molecule has 1 N–H and O–H groups in total. The molecule has 0 amide bonds. The summed E-state index contributed by atoms with van der Waals surface area (Å²) in [5.74, 6) is 0.325. The molecule has 238 valence electrons. The van der Waals surface area contributed by atoms with Crippen molar-refractivity contribution in [3.8, 4) is 5.75 Å². The second-order valence-corrected chi connectivity index (χ2v) is 15.6. The minimum absolute atomic E-state index is 0.00932. The van der Waals surface area contributed by atoms with Crippen LogP contribution in [0.3, 0.4) is 0 Å². The third kappa shape index (κ3) is 6.73. The summed E-state index contributed by atoms with van der Waals surface area (Å²) in [4.78, 5) is 25.8. The summed E-state index contributed by atoms with van der Waals surface area (Å²) in [6.07, 6.45) is 0.298. The second-order valence-electron chi connectivity index (χ2n) is 11.2. The zero-order valence-electron chi connectivity index (χ0n) is 26.2. The van der Waals surface area contributed by atoms with E-state index in [1.165, 1.54) is 39.1 Å². The molecular formula is C40H37NO4S2. The molecular weight excluding hydrogens is 623 g/mol. The van der Waals surface area contributed by atoms with Crippen LogP contribution in [0.15, 0.2) is 155 Å². The lowest BCUT2D eigenvalue weighted by molar-refractivity contribution is -0.136. The van der Waals surface area contributed by atoms with E-state index in [4.69, 9.17) is 9.84 Å². The van der Waals surface area contributed by atoms with Crippen LogP contribution in [0.1, 0.15) is 34.8 Å². The molecule has 0 fully saturated rings. The molecule has 0 aliphatic carbocycles. The Hall–Kier alpha value is -4.72. The maximum Gasteiger partial charge on any atom is 0.312 e. The SMILES string of the molecule is CN1C(c2ccccc2)=C(c2ccccc2)C(c2ccccc2)S1(c1ccccc1)c1ccc(OC(=O)CCSCCC(=O)O)cc1. The zero-order valence-corrected chi connectivity index (χ0v) is 27.8. The lowest BCUT2D eigenvalue weighted by Gasteiger charge is -2.49. The average molecular weight is 660 g/mol. The van der Waals surface area contributed by atoms with E-state index in [0.717, 1.165) is 10.5 Å². The lowest BCUT2D eigenvalue weighted by Crippen LogP contribution is -2.22. The third-order valence-corrected chi connectivity index (χ3v) is 13.5. The van der Waals surface area contributed by atoms with E-state index < -0.39 is 16.2 Å². The summed E-state index contributed by atoms with van der Waals surface area (Å²) < 4.78 is 8.26. The van der Waals surface area contributed by atoms with Gasteiger partial charge in [-0.1, -0.05) is 109 Å². The first kappa shape index (κ1) is 32.2. The molecule has 2 atom stereocenters. The van der Waals surface area contributed by atoms with Crippen LogP contribution in [-0.2, 0) is 9.59 Å². The number of carboxylic acids is 1. The molecule has 0 saturated heterocycles. The van der Waals surface area contributed by atoms with E-state index in [-0.39, 0.29) is 24.1 Å². The summed E-state index contributed by atoms with van der Waals surface area (Å²) >= 11 is 1.44. The highest BCUT2D eigenvalue weighted by Crippen LogP contribution is 2.81. The summed E-state index contributed by atoms with van der Waals surface area (Å²) in [7, 11) is 0.238. The van der Waals surface area contributed by atoms with E-state index >= 15 is 0 Å². The van der Waals surface area contributed by atoms with E-state index in [1.807, 2.05) is 12.1 Å². The fourth-order valence-electron chi connectivity index (χ4n) is 6.26. The van der Waals surface area contributed by atoms with E-state index in [1.54, 1.807) is 0 Å². The normalized spacial score (nSPS) is 18.8. The molecule has 5 nitrogen and oxygen atoms in total. The zero-order chi connectivity index (χ0) is 32.6. The van der Waals surface area contributed by atoms with E-state index in [2.05, 4.69) is 145 Å². The van der Waals surface area contributed by atoms with Crippen molar-refractivity contribution in [3.05, 3.63) is 162 Å². The number of carbonyl (C=O) groups excluding carboxylic acids is 1. The number of carboxylic acid groups (broad SMARTS) is 1. The highest BCUT2D eigenvalue weighted by molar-refractivity contribution is 8.32. The topological polar surface area (TPSA) is 66.8 Å². The number of esters is 1. The molecule has 5 aromatic carbocycles. The van der Waals surface area contributed by atoms with Gasteiger partial charge >= 0.3 is 11.9 Å². The number of rotatable bonds is 12. The summed E-state index contributed by atoms with van der Waals surface area (Å²) in [5.41, 5.74) is 6.05. The number of hydrogen-bond donors (Lipinski definition) is 1. The van der Waals surface area contributed by atoms with Gasteiger partial charge in [0.15, 0.2) is 0 Å². The van der Waals surface area contributed by atoms with Gasteiger partial charge in [0.2, 0.25) is 0 Å². The van der Waals surface area contributed by atoms with Crippen molar-refractivity contribution in [3.63, 3.8) is 0 Å². The van der Waals surface area contributed by atoms with Crippen LogP contribution in [0.5, 0.6) is 5.75 Å². The van der Waals surface area contributed by atoms with Crippen molar-refractivity contribution < 1.29 is 19.4 Å². The summed E-state index contributed by atoms with van der Waals surface area (Å²) in [5, 5.41) is 8.83. The van der Waals surface area contributed by atoms with Crippen LogP contribution in [0.2, 0.25) is 0 Å². The second kappa shape index (κ2) is 14.8. The first-order chi connectivity index (χ1) is 23.0. The number of aliphatic carboxylic acids is 1. The molecule has 7 heteroatoms. The van der Waals surface area contributed by atoms with Crippen molar-refractivity contribution in [1.29, 1.82) is 0 Å². The van der Waals surface area contributed by atoms with Gasteiger partial charge in [-0.3, -0.25) is 9.59 Å². The first-order valence-electron chi connectivity index (χ1n) is 15.6. The molecule has 0 radical (unpaired) electrons. The van der Waals surface area contributed by atoms with Crippen molar-refractivity contribution in [2.45, 2.75) is 27.9 Å². The van der Waals surface area contributed by atoms with Crippen LogP contribution < -0.4 is 4.74 Å². The number of thioether (sulfide) groups is 1. The standard InChI is InChI=1S/C40H37NO4S2/c1-41-39(31-16-8-3-9-17-31)38(30-14-6-2-7-15-30)40(32-18-10-4-11-19-32)47(41,34-20-12-5-13-21-34)35-24-22-33(23-25-35)45-37(44)27-29-46-28-26-36(42)43/h2-25,40H,26-29H2,1H3,(H,42,43). The average Bonchev–Trinajstić information content (AvgIpc) is 3.39. The predicted molar refractivity (Wildman–Crippen MR) is 193 cm³/mol. The number of hydrogen-bond acceptors (Lipinski definition) is 5. The van der Waals surface area contributed by atoms with Crippen LogP contribution in [0.25, 0.3) is 11.3 Å². The van der Waals surface area contributed by atoms with Crippen molar-refractivity contribution in [1.82, 2.24) is 4.31 Å². The molecule has 1 aliphatic rings. The quantitative estimate of drug-likeness (QED) is 0.0818. The Labute approximate surface area is 282 Å². The third-order valence-electron chi connectivity index (χ3n) is 8.27. The minimum atomic E-state index is -1.99. The van der Waals surface area contributed by atoms with Gasteiger partial charge in [0, 0.05) is 33.9 Å². The molecule has 0 spiro atoms. The molecule has 0 bridgehead atoms. The molecule has 1 aliphatic heterocycles. The van der Waals surface area contributed by atoms with Gasteiger partial charge in [-0.05, 0) is 53.1 Å². The molecule has 2 unspecified atom stereocenters. The monoisotopic (exact) mass is 659 g/mol. The Morgan fingerprint density at radius 2 is 1.19 bits per heavy atom. The maximum absolute atomic E-state index is 12.7. The van der Waals surface area contributed by atoms with Gasteiger partial charge in [0.05, 0.1) is 23.8 Å². The largest absolute Gasteiger partial charge is 0.481 e. The van der Waals surface area contributed by atoms with E-state index in [0.29, 0.717) is 17.3 Å². The fourth-order valence-corrected chi connectivity index (χ4v) is 11.6. The summed E-state index contributed by atoms with van der Waals surface area (Å²) in [6, 6.07) is 51.0. The molecule has 5 aromatic rings. The predicted octanol–water partition coefficient (Wildman–Crippen LogP) is 9.58. The number of carbonyl (C=O) groups is 2. The molecule has 6 rings (SSSR count). The smallest absolute Gasteiger partial charge is 0.312 e. The van der Waals surface area contributed by atoms with Gasteiger partial charge in [-0.2, -0.15) is 11.8 Å². The highest BCUT2D eigenvalue weighted by Gasteiger charge is 2.51. The Morgan fingerprint density at radius 1 is 0.681 bits per heavy atom. The van der Waals surface area contributed by atoms with Crippen LogP contribution in [0, 0.1) is 0 Å². The minimum Gasteiger partial charge on any atom is -0.481 e. The molecule has 47 heavy (non-hydrogen) atoms. The number of benzene rings is 5. The molecule has 0 aromatic heterocycles. The fraction of sp³-hybridized carbons (Fsp3) is 0.150. The summed E-state index contributed by atoms with van der Waals surface area (Å²) in [6.45, 7) is 0. The van der Waals surface area contributed by atoms with Crippen molar-refractivity contribution in [2.24, 2.45) is 0 Å². The number of nitrogens with zero attached hydrogens (tertiary/aromatic N) is 1. The van der Waals surface area contributed by atoms with Gasteiger partial charge in [0.1, 0.15) is 5.75 Å². The lowest BCUT2D eigenvalue weighted by atomic mass is 9.93. The van der Waals surface area contributed by atoms with Gasteiger partial charge in [-0.15, -0.1) is 10.2 Å². The van der Waals surface area contributed by atoms with Crippen LogP contribution in [0.4, 0.5) is 0 Å². The number of ether oxygens (including phenoxy) is 1. The van der Waals surface area contributed by atoms with Gasteiger partial charge < -0.3 is 14.1 Å². The van der Waals surface area contributed by atoms with Crippen LogP contribution >= 0.6 is 22.0 Å².